The number of aryl methyl sites for hydroxylation is 3. The van der Waals surface area contributed by atoms with E-state index in [1.165, 1.54) is 0 Å². The van der Waals surface area contributed by atoms with Crippen molar-refractivity contribution in [1.29, 1.82) is 0 Å². The number of amides is 1. The summed E-state index contributed by atoms with van der Waals surface area (Å²) in [6.45, 7) is 3.05. The summed E-state index contributed by atoms with van der Waals surface area (Å²) in [5.41, 5.74) is 2.49. The zero-order chi connectivity index (χ0) is 19.7. The summed E-state index contributed by atoms with van der Waals surface area (Å²) in [4.78, 5) is 27.8. The molecule has 28 heavy (non-hydrogen) atoms. The zero-order valence-electron chi connectivity index (χ0n) is 16.3. The van der Waals surface area contributed by atoms with E-state index in [0.717, 1.165) is 22.6 Å². The summed E-state index contributed by atoms with van der Waals surface area (Å²) in [5, 5.41) is 10.9. The molecule has 7 nitrogen and oxygen atoms in total. The Bertz CT molecular complexity index is 988. The van der Waals surface area contributed by atoms with Gasteiger partial charge in [-0.3, -0.25) is 9.78 Å². The summed E-state index contributed by atoms with van der Waals surface area (Å²) in [7, 11) is 1.93. The molecule has 4 rings (SSSR count). The first-order valence-electron chi connectivity index (χ1n) is 9.66. The summed E-state index contributed by atoms with van der Waals surface area (Å²) < 4.78 is 1.95. The maximum Gasteiger partial charge on any atom is 0.223 e. The van der Waals surface area contributed by atoms with Crippen molar-refractivity contribution in [2.75, 3.05) is 13.1 Å². The van der Waals surface area contributed by atoms with Gasteiger partial charge in [-0.15, -0.1) is 0 Å². The summed E-state index contributed by atoms with van der Waals surface area (Å²) in [5.74, 6) is 0.957. The van der Waals surface area contributed by atoms with Gasteiger partial charge in [0.1, 0.15) is 16.9 Å². The Morgan fingerprint density at radius 1 is 1.21 bits per heavy atom. The smallest absolute Gasteiger partial charge is 0.223 e. The van der Waals surface area contributed by atoms with Crippen molar-refractivity contribution < 1.29 is 9.90 Å². The number of fused-ring (bicyclic) bond motifs is 1. The van der Waals surface area contributed by atoms with E-state index >= 15 is 0 Å². The highest BCUT2D eigenvalue weighted by Crippen LogP contribution is 2.31. The largest absolute Gasteiger partial charge is 0.383 e. The molecular formula is C21H25N5O2. The lowest BCUT2D eigenvalue weighted by atomic mass is 9.87. The van der Waals surface area contributed by atoms with Gasteiger partial charge in [-0.1, -0.05) is 6.07 Å². The zero-order valence-corrected chi connectivity index (χ0v) is 16.3. The topological polar surface area (TPSA) is 84.1 Å². The number of carbonyl (C=O) groups is 1. The lowest BCUT2D eigenvalue weighted by Gasteiger charge is -2.37. The second-order valence-corrected chi connectivity index (χ2v) is 7.57. The van der Waals surface area contributed by atoms with Gasteiger partial charge in [0.05, 0.1) is 5.69 Å². The molecule has 1 fully saturated rings. The van der Waals surface area contributed by atoms with Crippen LogP contribution in [0.1, 0.15) is 36.3 Å². The second-order valence-electron chi connectivity index (χ2n) is 7.57. The fourth-order valence-corrected chi connectivity index (χ4v) is 3.80. The number of nitrogens with zero attached hydrogens (tertiary/aromatic N) is 5. The first kappa shape index (κ1) is 18.6. The Morgan fingerprint density at radius 2 is 2.00 bits per heavy atom. The van der Waals surface area contributed by atoms with Crippen molar-refractivity contribution in [3.63, 3.8) is 0 Å². The highest BCUT2D eigenvalue weighted by Gasteiger charge is 2.36. The average Bonchev–Trinajstić information content (AvgIpc) is 3.03. The predicted molar refractivity (Wildman–Crippen MR) is 106 cm³/mol. The molecular weight excluding hydrogens is 354 g/mol. The van der Waals surface area contributed by atoms with Gasteiger partial charge in [0.25, 0.3) is 0 Å². The summed E-state index contributed by atoms with van der Waals surface area (Å²) in [6, 6.07) is 7.64. The van der Waals surface area contributed by atoms with Crippen molar-refractivity contribution in [1.82, 2.24) is 24.4 Å². The maximum absolute atomic E-state index is 12.7. The molecule has 0 aliphatic carbocycles. The molecule has 3 aromatic rings. The lowest BCUT2D eigenvalue weighted by molar-refractivity contribution is -0.135. The molecule has 1 saturated heterocycles. The van der Waals surface area contributed by atoms with E-state index in [1.54, 1.807) is 12.4 Å². The summed E-state index contributed by atoms with van der Waals surface area (Å²) in [6.07, 6.45) is 5.51. The Hall–Kier alpha value is -2.80. The van der Waals surface area contributed by atoms with Crippen LogP contribution in [0.25, 0.3) is 11.2 Å². The monoisotopic (exact) mass is 379 g/mol. The molecule has 1 N–H and O–H groups in total. The highest BCUT2D eigenvalue weighted by molar-refractivity contribution is 5.77. The first-order valence-corrected chi connectivity index (χ1v) is 9.66. The van der Waals surface area contributed by atoms with Crippen molar-refractivity contribution in [2.45, 2.75) is 38.2 Å². The number of hydrogen-bond donors (Lipinski definition) is 1. The van der Waals surface area contributed by atoms with E-state index in [4.69, 9.17) is 0 Å². The Kier molecular flexibility index (Phi) is 4.85. The van der Waals surface area contributed by atoms with Gasteiger partial charge in [0, 0.05) is 45.4 Å². The number of piperidine rings is 1. The molecule has 0 aromatic carbocycles. The SMILES string of the molecule is Cc1ccc(C2(O)CCN(C(=O)CCc3nc4cccnc4n3C)CC2)nc1. The second kappa shape index (κ2) is 7.31. The van der Waals surface area contributed by atoms with E-state index in [0.29, 0.717) is 44.5 Å². The van der Waals surface area contributed by atoms with Crippen LogP contribution in [0.4, 0.5) is 0 Å². The van der Waals surface area contributed by atoms with Gasteiger partial charge in [0.15, 0.2) is 5.65 Å². The number of pyridine rings is 2. The molecule has 0 saturated carbocycles. The molecule has 1 amide bonds. The number of carbonyl (C=O) groups excluding carboxylic acids is 1. The van der Waals surface area contributed by atoms with Crippen LogP contribution in [-0.2, 0) is 23.9 Å². The predicted octanol–water partition coefficient (Wildman–Crippen LogP) is 2.11. The van der Waals surface area contributed by atoms with Crippen LogP contribution in [-0.4, -0.2) is 48.5 Å². The number of aromatic nitrogens is 4. The van der Waals surface area contributed by atoms with Gasteiger partial charge in [-0.25, -0.2) is 9.97 Å². The number of aliphatic hydroxyl groups is 1. The number of likely N-dealkylation sites (tertiary alicyclic amines) is 1. The third kappa shape index (κ3) is 3.49. The highest BCUT2D eigenvalue weighted by atomic mass is 16.3. The maximum atomic E-state index is 12.7. The quantitative estimate of drug-likeness (QED) is 0.751. The Balaban J connectivity index is 1.36. The molecule has 4 heterocycles. The normalized spacial score (nSPS) is 16.5. The van der Waals surface area contributed by atoms with Gasteiger partial charge in [0.2, 0.25) is 5.91 Å². The third-order valence-corrected chi connectivity index (χ3v) is 5.61. The van der Waals surface area contributed by atoms with Crippen LogP contribution < -0.4 is 0 Å². The minimum Gasteiger partial charge on any atom is -0.383 e. The molecule has 1 aliphatic rings. The van der Waals surface area contributed by atoms with E-state index in [1.807, 2.05) is 47.7 Å². The van der Waals surface area contributed by atoms with Crippen molar-refractivity contribution in [3.05, 3.63) is 53.7 Å². The van der Waals surface area contributed by atoms with E-state index < -0.39 is 5.60 Å². The van der Waals surface area contributed by atoms with E-state index in [2.05, 4.69) is 15.0 Å². The molecule has 1 aliphatic heterocycles. The molecule has 0 radical (unpaired) electrons. The average molecular weight is 379 g/mol. The standard InChI is InChI=1S/C21H25N5O2/c1-15-5-6-17(23-14-15)21(28)9-12-26(13-10-21)19(27)8-7-18-24-16-4-3-11-22-20(16)25(18)2/h3-6,11,14,28H,7-10,12-13H2,1-2H3. The van der Waals surface area contributed by atoms with Crippen molar-refractivity contribution in [2.24, 2.45) is 7.05 Å². The molecule has 0 bridgehead atoms. The van der Waals surface area contributed by atoms with Crippen LogP contribution in [0.3, 0.4) is 0 Å². The molecule has 7 heteroatoms. The van der Waals surface area contributed by atoms with Crippen LogP contribution in [0.2, 0.25) is 0 Å². The first-order chi connectivity index (χ1) is 13.5. The number of rotatable bonds is 4. The van der Waals surface area contributed by atoms with Gasteiger partial charge in [-0.2, -0.15) is 0 Å². The molecule has 0 atom stereocenters. The van der Waals surface area contributed by atoms with E-state index in [-0.39, 0.29) is 5.91 Å². The van der Waals surface area contributed by atoms with Gasteiger partial charge < -0.3 is 14.6 Å². The lowest BCUT2D eigenvalue weighted by Crippen LogP contribution is -2.45. The Morgan fingerprint density at radius 3 is 2.68 bits per heavy atom. The minimum absolute atomic E-state index is 0.0962. The minimum atomic E-state index is -0.951. The number of imidazole rings is 1. The van der Waals surface area contributed by atoms with Crippen LogP contribution in [0.15, 0.2) is 36.7 Å². The van der Waals surface area contributed by atoms with Crippen LogP contribution in [0.5, 0.6) is 0 Å². The fraction of sp³-hybridized carbons (Fsp3) is 0.429. The molecule has 3 aromatic heterocycles. The van der Waals surface area contributed by atoms with Gasteiger partial charge in [-0.05, 0) is 43.5 Å². The van der Waals surface area contributed by atoms with E-state index in [9.17, 15) is 9.90 Å². The van der Waals surface area contributed by atoms with Crippen LogP contribution in [0, 0.1) is 6.92 Å². The number of hydrogen-bond acceptors (Lipinski definition) is 5. The molecule has 0 spiro atoms. The molecule has 0 unspecified atom stereocenters. The third-order valence-electron chi connectivity index (χ3n) is 5.61. The summed E-state index contributed by atoms with van der Waals surface area (Å²) >= 11 is 0. The van der Waals surface area contributed by atoms with Crippen molar-refractivity contribution >= 4 is 17.1 Å². The molecule has 146 valence electrons. The van der Waals surface area contributed by atoms with Crippen LogP contribution >= 0.6 is 0 Å². The van der Waals surface area contributed by atoms with Gasteiger partial charge >= 0.3 is 0 Å². The Labute approximate surface area is 164 Å². The fourth-order valence-electron chi connectivity index (χ4n) is 3.80. The van der Waals surface area contributed by atoms with Crippen molar-refractivity contribution in [3.8, 4) is 0 Å².